The van der Waals surface area contributed by atoms with Crippen LogP contribution in [-0.2, 0) is 6.42 Å². The van der Waals surface area contributed by atoms with Crippen molar-refractivity contribution < 1.29 is 4.39 Å². The molecule has 0 amide bonds. The Bertz CT molecular complexity index is 1120. The minimum absolute atomic E-state index is 0.361. The van der Waals surface area contributed by atoms with Crippen LogP contribution >= 0.6 is 11.6 Å². The van der Waals surface area contributed by atoms with Crippen molar-refractivity contribution in [3.63, 3.8) is 0 Å². The molecule has 2 aromatic rings. The van der Waals surface area contributed by atoms with E-state index in [0.29, 0.717) is 11.5 Å². The van der Waals surface area contributed by atoms with Crippen LogP contribution in [0.3, 0.4) is 0 Å². The van der Waals surface area contributed by atoms with E-state index in [-0.39, 0.29) is 5.83 Å². The molecule has 1 unspecified atom stereocenters. The standard InChI is InChI=1S/C13H17Cl.C10H11F.C9H14.C5H10.C4H8.C2H6/c1-10-7-8-12(14)9-13(10)11-5-3-2-4-6-11;1-3-9-5-4-6-10(7-9)8(2)11;1-5-9(4)7-6-8(2)3;1-4-5(2)3;1-3-4-2;1-2/h7-9,11H,2-6H2,1H3;4-7H,2-3H2,1H3;5-7,9H,1-2H2,3-4H3;2,4H2,1,3H3;3-4H,1-2H3;1-2H3/b;;7-6-;;4-3-;. The SMILES string of the molecule is C/C=C\C.C=C(C)CC.C=C(F)c1cccc(CC)c1.C=CC(C)/C=C\C(=C)C.CC.Cc1ccc(Cl)cc1C1CCCCC1. The summed E-state index contributed by atoms with van der Waals surface area (Å²) in [6.45, 7) is 34.7. The zero-order valence-electron chi connectivity index (χ0n) is 30.6. The zero-order chi connectivity index (χ0) is 35.2. The number of halogens is 2. The molecule has 0 saturated heterocycles. The van der Waals surface area contributed by atoms with E-state index in [9.17, 15) is 4.39 Å². The van der Waals surface area contributed by atoms with E-state index in [2.05, 4.69) is 65.3 Å². The summed E-state index contributed by atoms with van der Waals surface area (Å²) >= 11 is 6.04. The van der Waals surface area contributed by atoms with Crippen LogP contribution in [0, 0.1) is 12.8 Å². The highest BCUT2D eigenvalue weighted by molar-refractivity contribution is 6.30. The first-order valence-corrected chi connectivity index (χ1v) is 17.1. The molecule has 1 fully saturated rings. The molecule has 3 rings (SSSR count). The van der Waals surface area contributed by atoms with Crippen molar-refractivity contribution in [1.82, 2.24) is 0 Å². The van der Waals surface area contributed by atoms with E-state index in [1.807, 2.05) is 97.0 Å². The van der Waals surface area contributed by atoms with Crippen LogP contribution < -0.4 is 0 Å². The molecule has 1 atom stereocenters. The van der Waals surface area contributed by atoms with Gasteiger partial charge in [-0.2, -0.15) is 0 Å². The summed E-state index contributed by atoms with van der Waals surface area (Å²) in [5, 5.41) is 0.885. The van der Waals surface area contributed by atoms with Gasteiger partial charge in [0.15, 0.2) is 0 Å². The van der Waals surface area contributed by atoms with Crippen LogP contribution in [0.15, 0.2) is 110 Å². The normalized spacial score (nSPS) is 12.6. The van der Waals surface area contributed by atoms with Gasteiger partial charge in [-0.25, -0.2) is 4.39 Å². The van der Waals surface area contributed by atoms with Crippen LogP contribution in [-0.4, -0.2) is 0 Å². The fraction of sp³-hybridized carbons (Fsp3) is 0.442. The number of rotatable bonds is 7. The Morgan fingerprint density at radius 2 is 1.51 bits per heavy atom. The molecule has 0 heterocycles. The maximum absolute atomic E-state index is 12.6. The molecule has 0 aliphatic heterocycles. The van der Waals surface area contributed by atoms with Gasteiger partial charge in [0.2, 0.25) is 0 Å². The van der Waals surface area contributed by atoms with Crippen molar-refractivity contribution in [1.29, 1.82) is 0 Å². The average molecular weight is 637 g/mol. The van der Waals surface area contributed by atoms with Crippen molar-refractivity contribution >= 4 is 17.4 Å². The third-order valence-electron chi connectivity index (χ3n) is 6.93. The predicted molar refractivity (Wildman–Crippen MR) is 208 cm³/mol. The number of aryl methyl sites for hydroxylation is 2. The number of hydrogen-bond acceptors (Lipinski definition) is 0. The lowest BCUT2D eigenvalue weighted by Crippen LogP contribution is -2.05. The maximum Gasteiger partial charge on any atom is 0.123 e. The third-order valence-corrected chi connectivity index (χ3v) is 7.16. The second-order valence-electron chi connectivity index (χ2n) is 11.1. The summed E-state index contributed by atoms with van der Waals surface area (Å²) in [5.41, 5.74) is 6.96. The van der Waals surface area contributed by atoms with Gasteiger partial charge in [0.05, 0.1) is 0 Å². The van der Waals surface area contributed by atoms with E-state index in [0.717, 1.165) is 34.9 Å². The summed E-state index contributed by atoms with van der Waals surface area (Å²) < 4.78 is 12.6. The van der Waals surface area contributed by atoms with Gasteiger partial charge in [-0.1, -0.05) is 144 Å². The smallest absolute Gasteiger partial charge is 0.123 e. The van der Waals surface area contributed by atoms with Crippen molar-refractivity contribution in [3.05, 3.63) is 138 Å². The Morgan fingerprint density at radius 3 is 1.93 bits per heavy atom. The number of allylic oxidation sites excluding steroid dienone is 7. The first-order chi connectivity index (χ1) is 21.4. The van der Waals surface area contributed by atoms with Crippen LogP contribution in [0.2, 0.25) is 5.02 Å². The van der Waals surface area contributed by atoms with Gasteiger partial charge in [-0.15, -0.1) is 13.2 Å². The molecule has 0 spiro atoms. The molecule has 0 bridgehead atoms. The lowest BCUT2D eigenvalue weighted by Gasteiger charge is -2.23. The highest BCUT2D eigenvalue weighted by Crippen LogP contribution is 2.35. The maximum atomic E-state index is 12.6. The first kappa shape index (κ1) is 46.5. The van der Waals surface area contributed by atoms with Crippen LogP contribution in [0.25, 0.3) is 5.83 Å². The van der Waals surface area contributed by atoms with Crippen molar-refractivity contribution in [2.75, 3.05) is 0 Å². The number of hydrogen-bond donors (Lipinski definition) is 0. The third kappa shape index (κ3) is 27.2. The second-order valence-corrected chi connectivity index (χ2v) is 11.5. The predicted octanol–water partition coefficient (Wildman–Crippen LogP) is 15.4. The van der Waals surface area contributed by atoms with Crippen LogP contribution in [0.1, 0.15) is 129 Å². The Hall–Kier alpha value is -2.90. The summed E-state index contributed by atoms with van der Waals surface area (Å²) in [5.74, 6) is 0.865. The van der Waals surface area contributed by atoms with E-state index < -0.39 is 0 Å². The lowest BCUT2D eigenvalue weighted by atomic mass is 9.82. The lowest BCUT2D eigenvalue weighted by molar-refractivity contribution is 0.442. The highest BCUT2D eigenvalue weighted by Gasteiger charge is 2.17. The molecule has 0 N–H and O–H groups in total. The first-order valence-electron chi connectivity index (χ1n) is 16.7. The molecule has 2 aromatic carbocycles. The van der Waals surface area contributed by atoms with Gasteiger partial charge in [0.25, 0.3) is 0 Å². The van der Waals surface area contributed by atoms with Crippen molar-refractivity contribution in [2.24, 2.45) is 5.92 Å². The molecular formula is C43H66ClF. The van der Waals surface area contributed by atoms with Crippen molar-refractivity contribution in [3.8, 4) is 0 Å². The molecule has 2 heteroatoms. The van der Waals surface area contributed by atoms with Crippen LogP contribution in [0.5, 0.6) is 0 Å². The fourth-order valence-corrected chi connectivity index (χ4v) is 4.00. The summed E-state index contributed by atoms with van der Waals surface area (Å²) in [7, 11) is 0. The zero-order valence-corrected chi connectivity index (χ0v) is 31.4. The fourth-order valence-electron chi connectivity index (χ4n) is 3.82. The van der Waals surface area contributed by atoms with Gasteiger partial charge in [0, 0.05) is 10.6 Å². The molecule has 0 nitrogen and oxygen atoms in total. The minimum atomic E-state index is -0.361. The van der Waals surface area contributed by atoms with E-state index in [1.165, 1.54) is 48.8 Å². The highest BCUT2D eigenvalue weighted by atomic mass is 35.5. The second kappa shape index (κ2) is 31.1. The molecule has 45 heavy (non-hydrogen) atoms. The molecule has 1 saturated carbocycles. The van der Waals surface area contributed by atoms with Gasteiger partial charge < -0.3 is 0 Å². The van der Waals surface area contributed by atoms with Gasteiger partial charge in [-0.3, -0.25) is 0 Å². The van der Waals surface area contributed by atoms with E-state index >= 15 is 0 Å². The Labute approximate surface area is 284 Å². The van der Waals surface area contributed by atoms with Gasteiger partial charge in [-0.05, 0) is 107 Å². The topological polar surface area (TPSA) is 0 Å². The summed E-state index contributed by atoms with van der Waals surface area (Å²) in [4.78, 5) is 0. The van der Waals surface area contributed by atoms with Crippen molar-refractivity contribution in [2.45, 2.75) is 120 Å². The molecule has 1 aliphatic carbocycles. The Morgan fingerprint density at radius 1 is 0.956 bits per heavy atom. The van der Waals surface area contributed by atoms with Crippen LogP contribution in [0.4, 0.5) is 4.39 Å². The quantitative estimate of drug-likeness (QED) is 0.209. The summed E-state index contributed by atoms with van der Waals surface area (Å²) in [6, 6.07) is 13.7. The van der Waals surface area contributed by atoms with E-state index in [1.54, 1.807) is 6.07 Å². The monoisotopic (exact) mass is 636 g/mol. The minimum Gasteiger partial charge on any atom is -0.207 e. The molecule has 252 valence electrons. The molecular weight excluding hydrogens is 571 g/mol. The van der Waals surface area contributed by atoms with Gasteiger partial charge >= 0.3 is 0 Å². The average Bonchev–Trinajstić information content (AvgIpc) is 3.06. The Balaban J connectivity index is -0.000000515. The number of benzene rings is 2. The Kier molecular flexibility index (Phi) is 32.1. The molecule has 0 aromatic heterocycles. The van der Waals surface area contributed by atoms with Gasteiger partial charge in [0.1, 0.15) is 5.83 Å². The summed E-state index contributed by atoms with van der Waals surface area (Å²) in [6.07, 6.45) is 18.9. The molecule has 0 radical (unpaired) electrons. The molecule has 1 aliphatic rings. The van der Waals surface area contributed by atoms with E-state index in [4.69, 9.17) is 11.6 Å². The largest absolute Gasteiger partial charge is 0.207 e.